The van der Waals surface area contributed by atoms with Crippen molar-refractivity contribution in [3.63, 3.8) is 0 Å². The summed E-state index contributed by atoms with van der Waals surface area (Å²) < 4.78 is 0. The second-order valence-corrected chi connectivity index (χ2v) is 35.2. The number of hydrogen-bond acceptors (Lipinski definition) is 22. The Morgan fingerprint density at radius 2 is 1.10 bits per heavy atom. The molecule has 3 aromatic carbocycles. The van der Waals surface area contributed by atoms with Gasteiger partial charge in [-0.05, 0) is 150 Å². The summed E-state index contributed by atoms with van der Waals surface area (Å²) in [4.78, 5) is 249. The second-order valence-electron chi connectivity index (χ2n) is 32.6. The minimum absolute atomic E-state index is 0.0238. The summed E-state index contributed by atoms with van der Waals surface area (Å²) >= 11 is 0. The maximum Gasteiger partial charge on any atom is 0.245 e. The van der Waals surface area contributed by atoms with Crippen molar-refractivity contribution in [3.8, 4) is 0 Å². The molecular weight excluding hydrogens is 1680 g/mol. The van der Waals surface area contributed by atoms with Crippen LogP contribution in [-0.2, 0) is 99.1 Å². The molecule has 39 heteroatoms. The zero-order valence-corrected chi connectivity index (χ0v) is 76.6. The third-order valence-corrected chi connectivity index (χ3v) is 23.7. The standard InChI is InChI=1S/C88H137N19O18S2/c1-10-13-29-66(87(124)106(42-11-2)52-77(115)98-56(8)79(116)95-49-73(92)111)100-76(114)51-96-81(118)64(31-23-40-90)102-83(120)68(45-54(4)5)105-82(119)65(103-84(121)69(47-59-34-36-60-27-17-18-28-61(60)46-59)101-74(112)33-20-22-41-93-86(123)78(55(6)7)99-57(9)108)38-44-126-127-53-63(62(12-3)71(109)37-35-58-25-15-14-16-26-58)80(117)104-67(30-19-21-39-89)88(125)107-43-24-32-70(107)85(122)97-50-75(113)94-48-72(91)110/h14-18,25-28,34,36,46,54-56,62-70,78H,10-13,19-24,29-33,35,37-45,47-53,89-90H2,1-9H3,(H2,91,110)(H2,92,111)(H,93,123)(H,94,113)(H,95,116)(H,96,118)(H,97,122)(H,98,115)(H,99,108)(H,100,114)(H,101,112)(H,102,120)(H,103,121)(H,104,117)(H,105,119). The van der Waals surface area contributed by atoms with Crippen LogP contribution in [0.25, 0.3) is 10.8 Å². The number of Topliss-reactive ketones (excluding diaryl/α,β-unsaturated/α-hetero) is 1. The minimum atomic E-state index is -1.49. The van der Waals surface area contributed by atoms with Gasteiger partial charge in [0.2, 0.25) is 100 Å². The fraction of sp³-hybridized carbons (Fsp3) is 0.614. The molecule has 11 atom stereocenters. The molecule has 1 heterocycles. The number of unbranched alkanes of at least 4 members (excludes halogenated alkanes) is 3. The molecule has 17 amide bonds. The van der Waals surface area contributed by atoms with Crippen LogP contribution >= 0.6 is 21.6 Å². The van der Waals surface area contributed by atoms with E-state index in [1.54, 1.807) is 47.6 Å². The lowest BCUT2D eigenvalue weighted by Crippen LogP contribution is -2.59. The van der Waals surface area contributed by atoms with E-state index in [0.717, 1.165) is 16.3 Å². The fourth-order valence-electron chi connectivity index (χ4n) is 14.4. The first-order chi connectivity index (χ1) is 60.5. The van der Waals surface area contributed by atoms with E-state index in [0.29, 0.717) is 56.9 Å². The van der Waals surface area contributed by atoms with Crippen molar-refractivity contribution in [3.05, 3.63) is 83.9 Å². The predicted molar refractivity (Wildman–Crippen MR) is 485 cm³/mol. The van der Waals surface area contributed by atoms with Gasteiger partial charge in [0, 0.05) is 63.2 Å². The summed E-state index contributed by atoms with van der Waals surface area (Å²) in [5.41, 5.74) is 23.7. The lowest BCUT2D eigenvalue weighted by Gasteiger charge is -2.31. The maximum atomic E-state index is 15.4. The zero-order chi connectivity index (χ0) is 94.1. The van der Waals surface area contributed by atoms with E-state index in [1.165, 1.54) is 45.2 Å². The number of nitrogens with two attached hydrogens (primary N) is 4. The average Bonchev–Trinajstić information content (AvgIpc) is 1.74. The van der Waals surface area contributed by atoms with Crippen molar-refractivity contribution in [2.75, 3.05) is 77.0 Å². The quantitative estimate of drug-likeness (QED) is 0.0272. The molecule has 704 valence electrons. The summed E-state index contributed by atoms with van der Waals surface area (Å²) in [5.74, 6) is -14.2. The van der Waals surface area contributed by atoms with Gasteiger partial charge in [0.15, 0.2) is 0 Å². The van der Waals surface area contributed by atoms with Crippen LogP contribution in [0.1, 0.15) is 189 Å². The molecule has 0 saturated carbocycles. The predicted octanol–water partition coefficient (Wildman–Crippen LogP) is 0.628. The van der Waals surface area contributed by atoms with E-state index >= 15 is 14.4 Å². The number of nitrogens with one attached hydrogen (secondary N) is 13. The molecule has 21 N–H and O–H groups in total. The number of carbonyl (C=O) groups is 18. The number of ketones is 1. The molecule has 0 radical (unpaired) electrons. The first-order valence-electron chi connectivity index (χ1n) is 44.1. The Morgan fingerprint density at radius 3 is 1.75 bits per heavy atom. The minimum Gasteiger partial charge on any atom is -0.368 e. The Balaban J connectivity index is 1.73. The molecule has 11 unspecified atom stereocenters. The van der Waals surface area contributed by atoms with Gasteiger partial charge in [0.25, 0.3) is 0 Å². The molecule has 4 rings (SSSR count). The normalized spacial score (nSPS) is 14.7. The number of hydrogen-bond donors (Lipinski definition) is 17. The van der Waals surface area contributed by atoms with E-state index in [9.17, 15) is 71.9 Å². The molecule has 3 aromatic rings. The van der Waals surface area contributed by atoms with E-state index < -0.39 is 193 Å². The van der Waals surface area contributed by atoms with Crippen LogP contribution in [0.15, 0.2) is 72.8 Å². The van der Waals surface area contributed by atoms with Gasteiger partial charge in [-0.15, -0.1) is 0 Å². The number of benzene rings is 3. The molecule has 0 bridgehead atoms. The molecular formula is C88H137N19O18S2. The highest BCUT2D eigenvalue weighted by atomic mass is 33.1. The molecule has 0 spiro atoms. The van der Waals surface area contributed by atoms with Crippen molar-refractivity contribution < 1.29 is 86.3 Å². The highest BCUT2D eigenvalue weighted by Gasteiger charge is 2.41. The molecule has 0 aromatic heterocycles. The van der Waals surface area contributed by atoms with Crippen molar-refractivity contribution in [2.24, 2.45) is 46.6 Å². The molecule has 0 aliphatic carbocycles. The number of primary amides is 2. The maximum absolute atomic E-state index is 15.4. The Hall–Kier alpha value is -10.8. The number of nitrogens with zero attached hydrogens (tertiary/aromatic N) is 2. The van der Waals surface area contributed by atoms with E-state index in [1.807, 2.05) is 73.7 Å². The Morgan fingerprint density at radius 1 is 0.496 bits per heavy atom. The van der Waals surface area contributed by atoms with Gasteiger partial charge in [0.05, 0.1) is 38.6 Å². The lowest BCUT2D eigenvalue weighted by atomic mass is 9.84. The second kappa shape index (κ2) is 59.3. The molecule has 1 aliphatic rings. The summed E-state index contributed by atoms with van der Waals surface area (Å²) in [6.07, 6.45) is 4.26. The number of amides is 17. The van der Waals surface area contributed by atoms with Crippen LogP contribution in [-0.4, -0.2) is 247 Å². The van der Waals surface area contributed by atoms with Crippen LogP contribution in [0.2, 0.25) is 0 Å². The third kappa shape index (κ3) is 40.8. The number of rotatable bonds is 62. The fourth-order valence-corrected chi connectivity index (χ4v) is 16.8. The number of aryl methyl sites for hydroxylation is 1. The van der Waals surface area contributed by atoms with Gasteiger partial charge >= 0.3 is 0 Å². The highest BCUT2D eigenvalue weighted by Crippen LogP contribution is 2.32. The van der Waals surface area contributed by atoms with Crippen LogP contribution in [0.3, 0.4) is 0 Å². The van der Waals surface area contributed by atoms with Crippen LogP contribution in [0.4, 0.5) is 0 Å². The third-order valence-electron chi connectivity index (χ3n) is 21.2. The van der Waals surface area contributed by atoms with Crippen molar-refractivity contribution in [2.45, 2.75) is 245 Å². The number of carbonyl (C=O) groups excluding carboxylic acids is 18. The summed E-state index contributed by atoms with van der Waals surface area (Å²) in [6, 6.07) is 11.5. The molecule has 1 fully saturated rings. The largest absolute Gasteiger partial charge is 0.368 e. The number of likely N-dealkylation sites (tertiary alicyclic amines) is 1. The topological polar surface area (TPSA) is 574 Å². The Kier molecular flexibility index (Phi) is 50.7. The van der Waals surface area contributed by atoms with Gasteiger partial charge in [-0.25, -0.2) is 0 Å². The van der Waals surface area contributed by atoms with Gasteiger partial charge in [-0.1, -0.05) is 156 Å². The Labute approximate surface area is 752 Å². The first kappa shape index (κ1) is 109. The van der Waals surface area contributed by atoms with E-state index in [4.69, 9.17) is 22.9 Å². The SMILES string of the molecule is CCCCC(NC(=O)CNC(=O)C(CCCN)NC(=O)C(CC(C)C)NC(=O)C(CCSSCC(C(=O)NC(CCCCN)C(=O)N1CCCC1C(=O)NCC(=O)NCC(N)=O)C(CC)C(=O)CCc1ccccc1)NC(=O)C(Cc1ccc2ccccc2c1)NC(=O)CCCCNC(=O)C(NC(C)=O)C(C)C)C(=O)N(CCC)CC(=O)NC(C)C(=O)NCC(N)=O. The molecule has 127 heavy (non-hydrogen) atoms. The number of fused-ring (bicyclic) bond motifs is 1. The summed E-state index contributed by atoms with van der Waals surface area (Å²) in [5, 5.41) is 36.4. The van der Waals surface area contributed by atoms with E-state index in [2.05, 4.69) is 69.1 Å². The summed E-state index contributed by atoms with van der Waals surface area (Å²) in [7, 11) is 2.39. The van der Waals surface area contributed by atoms with Crippen LogP contribution < -0.4 is 92.1 Å². The van der Waals surface area contributed by atoms with Crippen molar-refractivity contribution >= 4 is 139 Å². The summed E-state index contributed by atoms with van der Waals surface area (Å²) in [6.45, 7) is 13.4. The van der Waals surface area contributed by atoms with Crippen LogP contribution in [0.5, 0.6) is 0 Å². The smallest absolute Gasteiger partial charge is 0.245 e. The molecule has 37 nitrogen and oxygen atoms in total. The van der Waals surface area contributed by atoms with Crippen molar-refractivity contribution in [1.82, 2.24) is 78.9 Å². The van der Waals surface area contributed by atoms with Crippen LogP contribution in [0, 0.1) is 23.7 Å². The molecule has 1 saturated heterocycles. The van der Waals surface area contributed by atoms with E-state index in [-0.39, 0.29) is 145 Å². The highest BCUT2D eigenvalue weighted by molar-refractivity contribution is 8.76. The van der Waals surface area contributed by atoms with Gasteiger partial charge in [-0.3, -0.25) is 86.3 Å². The Bertz CT molecular complexity index is 4150. The zero-order valence-electron chi connectivity index (χ0n) is 74.9. The van der Waals surface area contributed by atoms with Gasteiger partial charge in [0.1, 0.15) is 60.2 Å². The first-order valence-corrected chi connectivity index (χ1v) is 46.6. The monoisotopic (exact) mass is 1810 g/mol. The lowest BCUT2D eigenvalue weighted by molar-refractivity contribution is -0.142. The average molecular weight is 1810 g/mol. The van der Waals surface area contributed by atoms with Gasteiger partial charge in [-0.2, -0.15) is 0 Å². The van der Waals surface area contributed by atoms with Crippen molar-refractivity contribution in [1.29, 1.82) is 0 Å². The van der Waals surface area contributed by atoms with Gasteiger partial charge < -0.3 is 102 Å². The molecule has 1 aliphatic heterocycles.